The summed E-state index contributed by atoms with van der Waals surface area (Å²) in [6, 6.07) is 24.0. The lowest BCUT2D eigenvalue weighted by molar-refractivity contribution is 0.283. The molecule has 0 bridgehead atoms. The number of rotatable bonds is 4. The Morgan fingerprint density at radius 1 is 0.846 bits per heavy atom. The van der Waals surface area contributed by atoms with Crippen molar-refractivity contribution in [1.82, 2.24) is 4.57 Å². The third kappa shape index (κ3) is 2.51. The third-order valence-electron chi connectivity index (χ3n) is 5.67. The number of hydrogen-bond donors (Lipinski definition) is 1. The Balaban J connectivity index is 1.96. The zero-order chi connectivity index (χ0) is 18.3. The van der Waals surface area contributed by atoms with Crippen molar-refractivity contribution >= 4 is 40.3 Å². The molecule has 0 aliphatic heterocycles. The zero-order valence-electron chi connectivity index (χ0n) is 15.7. The zero-order valence-corrected chi connectivity index (χ0v) is 16.7. The molecule has 0 aliphatic carbocycles. The molecule has 4 rings (SSSR count). The number of aliphatic hydroxyl groups is 1. The van der Waals surface area contributed by atoms with Crippen LogP contribution in [0.3, 0.4) is 0 Å². The highest BCUT2D eigenvalue weighted by atomic mass is 28.3. The van der Waals surface area contributed by atoms with Gasteiger partial charge in [-0.3, -0.25) is 0 Å². The Labute approximate surface area is 155 Å². The molecule has 2 nitrogen and oxygen atoms in total. The van der Waals surface area contributed by atoms with Gasteiger partial charge in [-0.15, -0.1) is 0 Å². The van der Waals surface area contributed by atoms with Gasteiger partial charge in [-0.25, -0.2) is 0 Å². The van der Waals surface area contributed by atoms with Gasteiger partial charge >= 0.3 is 0 Å². The van der Waals surface area contributed by atoms with Gasteiger partial charge < -0.3 is 9.67 Å². The summed E-state index contributed by atoms with van der Waals surface area (Å²) in [5.74, 6) is 0. The van der Waals surface area contributed by atoms with Crippen molar-refractivity contribution in [2.45, 2.75) is 33.2 Å². The molecule has 1 aromatic heterocycles. The van der Waals surface area contributed by atoms with Crippen molar-refractivity contribution < 1.29 is 5.11 Å². The van der Waals surface area contributed by atoms with Gasteiger partial charge in [0.25, 0.3) is 0 Å². The summed E-state index contributed by atoms with van der Waals surface area (Å²) in [4.78, 5) is 0. The fraction of sp³-hybridized carbons (Fsp3) is 0.217. The maximum absolute atomic E-state index is 9.80. The van der Waals surface area contributed by atoms with Crippen LogP contribution < -0.4 is 10.4 Å². The fourth-order valence-electron chi connectivity index (χ4n) is 4.20. The maximum Gasteiger partial charge on any atom is 0.112 e. The number of para-hydroxylation sites is 1. The van der Waals surface area contributed by atoms with Crippen LogP contribution in [0.15, 0.2) is 66.7 Å². The summed E-state index contributed by atoms with van der Waals surface area (Å²) >= 11 is 0. The van der Waals surface area contributed by atoms with Gasteiger partial charge in [0.2, 0.25) is 0 Å². The second-order valence-electron chi connectivity index (χ2n) is 7.43. The van der Waals surface area contributed by atoms with Crippen molar-refractivity contribution in [3.63, 3.8) is 0 Å². The molecule has 0 fully saturated rings. The first kappa shape index (κ1) is 17.1. The topological polar surface area (TPSA) is 25.2 Å². The highest BCUT2D eigenvalue weighted by Gasteiger charge is 2.28. The van der Waals surface area contributed by atoms with Crippen LogP contribution in [0.2, 0.25) is 13.1 Å². The van der Waals surface area contributed by atoms with E-state index in [1.54, 1.807) is 0 Å². The summed E-state index contributed by atoms with van der Waals surface area (Å²) in [6.07, 6.45) is 0. The maximum atomic E-state index is 9.80. The summed E-state index contributed by atoms with van der Waals surface area (Å²) in [5, 5.41) is 15.2. The van der Waals surface area contributed by atoms with Gasteiger partial charge in [0.05, 0.1) is 6.61 Å². The van der Waals surface area contributed by atoms with Crippen molar-refractivity contribution in [2.75, 3.05) is 0 Å². The van der Waals surface area contributed by atoms with Gasteiger partial charge in [-0.05, 0) is 29.8 Å². The molecule has 26 heavy (non-hydrogen) atoms. The Hall–Kier alpha value is -2.36. The summed E-state index contributed by atoms with van der Waals surface area (Å²) in [5.41, 5.74) is 3.67. The molecule has 0 amide bonds. The van der Waals surface area contributed by atoms with E-state index in [1.807, 2.05) is 12.1 Å². The molecule has 3 aromatic carbocycles. The Morgan fingerprint density at radius 2 is 1.54 bits per heavy atom. The van der Waals surface area contributed by atoms with Gasteiger partial charge in [0.15, 0.2) is 0 Å². The molecule has 0 saturated heterocycles. The monoisotopic (exact) mass is 359 g/mol. The van der Waals surface area contributed by atoms with Crippen LogP contribution in [0.1, 0.15) is 12.5 Å². The molecule has 0 unspecified atom stereocenters. The molecule has 0 spiro atoms. The summed E-state index contributed by atoms with van der Waals surface area (Å²) in [7, 11) is -1.90. The minimum atomic E-state index is -1.90. The SMILES string of the molecule is CCn1c2ccccc2c2ccc([Si](C)(C)c3ccccc3CO)cc21. The van der Waals surface area contributed by atoms with E-state index >= 15 is 0 Å². The van der Waals surface area contributed by atoms with Crippen LogP contribution in [-0.2, 0) is 13.2 Å². The lowest BCUT2D eigenvalue weighted by Crippen LogP contribution is -2.54. The van der Waals surface area contributed by atoms with Gasteiger partial charge in [0, 0.05) is 28.4 Å². The van der Waals surface area contributed by atoms with E-state index in [4.69, 9.17) is 0 Å². The van der Waals surface area contributed by atoms with Crippen LogP contribution in [0.25, 0.3) is 21.8 Å². The molecule has 0 radical (unpaired) electrons. The van der Waals surface area contributed by atoms with E-state index < -0.39 is 8.07 Å². The number of hydrogen-bond acceptors (Lipinski definition) is 1. The molecule has 0 aliphatic rings. The molecular weight excluding hydrogens is 334 g/mol. The van der Waals surface area contributed by atoms with E-state index in [1.165, 1.54) is 32.2 Å². The number of fused-ring (bicyclic) bond motifs is 3. The van der Waals surface area contributed by atoms with Crippen molar-refractivity contribution in [3.8, 4) is 0 Å². The van der Waals surface area contributed by atoms with Crippen LogP contribution in [0, 0.1) is 0 Å². The van der Waals surface area contributed by atoms with E-state index in [0.29, 0.717) is 0 Å². The van der Waals surface area contributed by atoms with Crippen LogP contribution in [0.5, 0.6) is 0 Å². The van der Waals surface area contributed by atoms with Crippen molar-refractivity contribution in [2.24, 2.45) is 0 Å². The van der Waals surface area contributed by atoms with Gasteiger partial charge in [0.1, 0.15) is 8.07 Å². The predicted molar refractivity (Wildman–Crippen MR) is 114 cm³/mol. The van der Waals surface area contributed by atoms with Gasteiger partial charge in [-0.1, -0.05) is 72.9 Å². The first-order valence-electron chi connectivity index (χ1n) is 9.28. The van der Waals surface area contributed by atoms with E-state index in [-0.39, 0.29) is 6.61 Å². The average molecular weight is 360 g/mol. The number of aromatic nitrogens is 1. The second-order valence-corrected chi connectivity index (χ2v) is 11.8. The molecule has 0 saturated carbocycles. The van der Waals surface area contributed by atoms with Crippen LogP contribution in [0.4, 0.5) is 0 Å². The number of aryl methyl sites for hydroxylation is 1. The Morgan fingerprint density at radius 3 is 2.31 bits per heavy atom. The van der Waals surface area contributed by atoms with Crippen molar-refractivity contribution in [3.05, 3.63) is 72.3 Å². The number of benzene rings is 3. The molecule has 0 atom stereocenters. The van der Waals surface area contributed by atoms with E-state index in [2.05, 4.69) is 79.2 Å². The highest BCUT2D eigenvalue weighted by molar-refractivity contribution is 7.00. The molecule has 1 heterocycles. The largest absolute Gasteiger partial charge is 0.392 e. The molecule has 1 N–H and O–H groups in total. The molecule has 132 valence electrons. The smallest absolute Gasteiger partial charge is 0.112 e. The summed E-state index contributed by atoms with van der Waals surface area (Å²) < 4.78 is 2.41. The second kappa shape index (κ2) is 6.42. The Bertz CT molecular complexity index is 1090. The standard InChI is InChI=1S/C23H25NOSi/c1-4-24-21-11-7-6-10-19(21)20-14-13-18(15-22(20)24)26(2,3)23-12-8-5-9-17(23)16-25/h5-15,25H,4,16H2,1-3H3. The molecule has 3 heteroatoms. The van der Waals surface area contributed by atoms with Crippen molar-refractivity contribution in [1.29, 1.82) is 0 Å². The van der Waals surface area contributed by atoms with E-state index in [9.17, 15) is 5.11 Å². The fourth-order valence-corrected chi connectivity index (χ4v) is 6.99. The minimum Gasteiger partial charge on any atom is -0.392 e. The predicted octanol–water partition coefficient (Wildman–Crippen LogP) is 4.13. The first-order valence-corrected chi connectivity index (χ1v) is 12.3. The van der Waals surface area contributed by atoms with Gasteiger partial charge in [-0.2, -0.15) is 0 Å². The normalized spacial score (nSPS) is 12.2. The van der Waals surface area contributed by atoms with Crippen LogP contribution >= 0.6 is 0 Å². The first-order chi connectivity index (χ1) is 12.6. The minimum absolute atomic E-state index is 0.101. The van der Waals surface area contributed by atoms with E-state index in [0.717, 1.165) is 12.1 Å². The number of nitrogens with zero attached hydrogens (tertiary/aromatic N) is 1. The lowest BCUT2D eigenvalue weighted by Gasteiger charge is -2.26. The quantitative estimate of drug-likeness (QED) is 0.545. The summed E-state index contributed by atoms with van der Waals surface area (Å²) in [6.45, 7) is 8.03. The Kier molecular flexibility index (Phi) is 4.21. The average Bonchev–Trinajstić information content (AvgIpc) is 3.00. The van der Waals surface area contributed by atoms with Crippen LogP contribution in [-0.4, -0.2) is 17.7 Å². The third-order valence-corrected chi connectivity index (χ3v) is 9.26. The molecular formula is C23H25NOSi. The number of aliphatic hydroxyl groups excluding tert-OH is 1. The highest BCUT2D eigenvalue weighted by Crippen LogP contribution is 2.28. The lowest BCUT2D eigenvalue weighted by atomic mass is 10.1. The molecule has 4 aromatic rings.